The van der Waals surface area contributed by atoms with Gasteiger partial charge in [-0.25, -0.2) is 9.59 Å². The fourth-order valence-electron chi connectivity index (χ4n) is 6.71. The molecule has 0 spiro atoms. The third kappa shape index (κ3) is 6.03. The Hall–Kier alpha value is -5.24. The number of hydrogen-bond acceptors (Lipinski definition) is 4. The summed E-state index contributed by atoms with van der Waals surface area (Å²) in [5.41, 5.74) is 2.10. The summed E-state index contributed by atoms with van der Waals surface area (Å²) in [7, 11) is 0. The smallest absolute Gasteiger partial charge is 0.308 e. The van der Waals surface area contributed by atoms with Crippen LogP contribution in [0.3, 0.4) is 0 Å². The summed E-state index contributed by atoms with van der Waals surface area (Å²) in [5, 5.41) is 0. The van der Waals surface area contributed by atoms with Crippen LogP contribution < -0.4 is 0 Å². The Kier molecular flexibility index (Phi) is 8.97. The zero-order chi connectivity index (χ0) is 32.1. The number of hydrogen-bond donors (Lipinski definition) is 0. The predicted molar refractivity (Wildman–Crippen MR) is 175 cm³/mol. The van der Waals surface area contributed by atoms with Crippen LogP contribution in [0.25, 0.3) is 0 Å². The van der Waals surface area contributed by atoms with Gasteiger partial charge in [-0.2, -0.15) is 0 Å². The van der Waals surface area contributed by atoms with Gasteiger partial charge in [-0.15, -0.1) is 0 Å². The number of carbonyl (C=O) groups is 4. The largest absolute Gasteiger partial charge is 0.328 e. The fourth-order valence-corrected chi connectivity index (χ4v) is 6.71. The molecule has 0 N–H and O–H groups in total. The van der Waals surface area contributed by atoms with E-state index < -0.39 is 23.6 Å². The lowest BCUT2D eigenvalue weighted by molar-refractivity contribution is -0.136. The predicted octanol–water partition coefficient (Wildman–Crippen LogP) is 6.61. The van der Waals surface area contributed by atoms with Crippen molar-refractivity contribution in [1.29, 1.82) is 0 Å². The van der Waals surface area contributed by atoms with Crippen LogP contribution in [0.2, 0.25) is 0 Å². The van der Waals surface area contributed by atoms with Gasteiger partial charge in [0.15, 0.2) is 0 Å². The number of urea groups is 2. The molecule has 46 heavy (non-hydrogen) atoms. The lowest BCUT2D eigenvalue weighted by atomic mass is 9.83. The molecule has 0 aromatic heterocycles. The quantitative estimate of drug-likeness (QED) is 0.168. The van der Waals surface area contributed by atoms with E-state index in [1.807, 2.05) is 128 Å². The molecule has 2 unspecified atom stereocenters. The maximum atomic E-state index is 14.7. The minimum absolute atomic E-state index is 0.00618. The van der Waals surface area contributed by atoms with Crippen molar-refractivity contribution in [3.05, 3.63) is 144 Å². The molecule has 2 fully saturated rings. The standard InChI is InChI=1S/C38H38N4O4/c1-2-23-38(35(44)41(27-31-19-11-5-12-20-31)37(46)42(38)28-32-21-13-6-14-22-32)24-33-34(43)40(26-30-17-9-4-10-18-30)36(45)39(33)25-29-15-7-3-8-16-29/h3-22,33H,2,23-28H2,1H3. The Morgan fingerprint density at radius 2 is 0.978 bits per heavy atom. The lowest BCUT2D eigenvalue weighted by Crippen LogP contribution is -2.54. The molecule has 8 heteroatoms. The van der Waals surface area contributed by atoms with Crippen LogP contribution in [-0.4, -0.2) is 55.1 Å². The van der Waals surface area contributed by atoms with E-state index in [4.69, 9.17) is 0 Å². The summed E-state index contributed by atoms with van der Waals surface area (Å²) in [6, 6.07) is 36.3. The van der Waals surface area contributed by atoms with Crippen molar-refractivity contribution in [2.45, 2.75) is 63.9 Å². The van der Waals surface area contributed by atoms with Crippen LogP contribution in [0.4, 0.5) is 9.59 Å². The van der Waals surface area contributed by atoms with E-state index in [9.17, 15) is 19.2 Å². The Balaban J connectivity index is 1.40. The van der Waals surface area contributed by atoms with E-state index in [0.29, 0.717) is 12.8 Å². The Labute approximate surface area is 269 Å². The average molecular weight is 615 g/mol. The molecule has 2 aliphatic heterocycles. The van der Waals surface area contributed by atoms with Gasteiger partial charge in [0, 0.05) is 19.5 Å². The van der Waals surface area contributed by atoms with Gasteiger partial charge >= 0.3 is 12.1 Å². The van der Waals surface area contributed by atoms with Gasteiger partial charge in [-0.1, -0.05) is 135 Å². The number of rotatable bonds is 12. The van der Waals surface area contributed by atoms with Crippen molar-refractivity contribution in [2.24, 2.45) is 0 Å². The molecule has 2 aliphatic rings. The van der Waals surface area contributed by atoms with Crippen molar-refractivity contribution < 1.29 is 19.2 Å². The first-order valence-electron chi connectivity index (χ1n) is 15.8. The average Bonchev–Trinajstić information content (AvgIpc) is 3.40. The molecule has 2 atom stereocenters. The second-order valence-corrected chi connectivity index (χ2v) is 12.0. The minimum atomic E-state index is -1.32. The van der Waals surface area contributed by atoms with Crippen LogP contribution in [0.1, 0.15) is 48.4 Å². The minimum Gasteiger partial charge on any atom is -0.308 e. The molecule has 0 saturated carbocycles. The first-order valence-corrected chi connectivity index (χ1v) is 15.8. The molecular weight excluding hydrogens is 576 g/mol. The normalized spacial score (nSPS) is 19.9. The van der Waals surface area contributed by atoms with Crippen LogP contribution in [-0.2, 0) is 35.8 Å². The van der Waals surface area contributed by atoms with Gasteiger partial charge in [-0.3, -0.25) is 19.4 Å². The highest BCUT2D eigenvalue weighted by Crippen LogP contribution is 2.41. The summed E-state index contributed by atoms with van der Waals surface area (Å²) in [5.74, 6) is -0.692. The molecular formula is C38H38N4O4. The Morgan fingerprint density at radius 1 is 0.543 bits per heavy atom. The second-order valence-electron chi connectivity index (χ2n) is 12.0. The zero-order valence-electron chi connectivity index (χ0n) is 26.0. The molecule has 234 valence electrons. The first-order chi connectivity index (χ1) is 22.4. The fraction of sp³-hybridized carbons (Fsp3) is 0.263. The molecule has 4 aromatic rings. The van der Waals surface area contributed by atoms with Crippen LogP contribution in [0.15, 0.2) is 121 Å². The van der Waals surface area contributed by atoms with Gasteiger partial charge in [0.25, 0.3) is 11.8 Å². The third-order valence-corrected chi connectivity index (χ3v) is 8.97. The summed E-state index contributed by atoms with van der Waals surface area (Å²) < 4.78 is 0. The van der Waals surface area contributed by atoms with E-state index in [0.717, 1.165) is 22.3 Å². The third-order valence-electron chi connectivity index (χ3n) is 8.97. The second kappa shape index (κ2) is 13.4. The van der Waals surface area contributed by atoms with Crippen LogP contribution >= 0.6 is 0 Å². The molecule has 8 nitrogen and oxygen atoms in total. The molecule has 2 saturated heterocycles. The van der Waals surface area contributed by atoms with Gasteiger partial charge in [0.2, 0.25) is 0 Å². The summed E-state index contributed by atoms with van der Waals surface area (Å²) in [4.78, 5) is 63.1. The topological polar surface area (TPSA) is 81.2 Å². The number of imide groups is 2. The molecule has 4 aromatic carbocycles. The van der Waals surface area contributed by atoms with E-state index in [1.165, 1.54) is 9.80 Å². The van der Waals surface area contributed by atoms with E-state index in [1.54, 1.807) is 9.80 Å². The monoisotopic (exact) mass is 614 g/mol. The van der Waals surface area contributed by atoms with E-state index in [-0.39, 0.29) is 44.4 Å². The zero-order valence-corrected chi connectivity index (χ0v) is 26.0. The van der Waals surface area contributed by atoms with Crippen molar-refractivity contribution in [3.8, 4) is 0 Å². The summed E-state index contributed by atoms with van der Waals surface area (Å²) in [6.07, 6.45) is 0.961. The maximum absolute atomic E-state index is 14.7. The lowest BCUT2D eigenvalue weighted by Gasteiger charge is -2.38. The van der Waals surface area contributed by atoms with Crippen molar-refractivity contribution in [1.82, 2.24) is 19.6 Å². The highest BCUT2D eigenvalue weighted by atomic mass is 16.2. The molecule has 2 heterocycles. The van der Waals surface area contributed by atoms with E-state index in [2.05, 4.69) is 0 Å². The molecule has 0 aliphatic carbocycles. The number of amides is 6. The van der Waals surface area contributed by atoms with Crippen molar-refractivity contribution in [3.63, 3.8) is 0 Å². The van der Waals surface area contributed by atoms with Crippen LogP contribution in [0, 0.1) is 0 Å². The molecule has 6 amide bonds. The van der Waals surface area contributed by atoms with Gasteiger partial charge in [-0.05, 0) is 28.7 Å². The molecule has 0 bridgehead atoms. The van der Waals surface area contributed by atoms with Gasteiger partial charge in [0.05, 0.1) is 13.1 Å². The summed E-state index contributed by atoms with van der Waals surface area (Å²) in [6.45, 7) is 2.64. The maximum Gasteiger partial charge on any atom is 0.328 e. The number of carbonyl (C=O) groups excluding carboxylic acids is 4. The summed E-state index contributed by atoms with van der Waals surface area (Å²) >= 11 is 0. The van der Waals surface area contributed by atoms with Crippen molar-refractivity contribution in [2.75, 3.05) is 0 Å². The highest BCUT2D eigenvalue weighted by molar-refractivity contribution is 6.09. The Morgan fingerprint density at radius 3 is 1.46 bits per heavy atom. The van der Waals surface area contributed by atoms with Gasteiger partial charge in [0.1, 0.15) is 11.6 Å². The number of benzene rings is 4. The van der Waals surface area contributed by atoms with E-state index >= 15 is 0 Å². The van der Waals surface area contributed by atoms with Gasteiger partial charge < -0.3 is 9.80 Å². The molecule has 0 radical (unpaired) electrons. The molecule has 6 rings (SSSR count). The SMILES string of the molecule is CCCC1(CC2C(=O)N(Cc3ccccc3)C(=O)N2Cc2ccccc2)C(=O)N(Cc2ccccc2)C(=O)N1Cc1ccccc1. The Bertz CT molecular complexity index is 1680. The van der Waals surface area contributed by atoms with Crippen molar-refractivity contribution >= 4 is 23.9 Å². The van der Waals surface area contributed by atoms with Crippen LogP contribution in [0.5, 0.6) is 0 Å². The highest BCUT2D eigenvalue weighted by Gasteiger charge is 2.60. The number of nitrogens with zero attached hydrogens (tertiary/aromatic N) is 4. The first kappa shape index (κ1) is 30.8.